The number of hydrogen-bond donors (Lipinski definition) is 1. The summed E-state index contributed by atoms with van der Waals surface area (Å²) in [6.45, 7) is 4.00. The number of hydrogen-bond acceptors (Lipinski definition) is 2. The molecule has 0 saturated heterocycles. The minimum atomic E-state index is -0.584. The largest absolute Gasteiger partial charge is 0.488 e. The molecule has 2 nitrogen and oxygen atoms in total. The van der Waals surface area contributed by atoms with Crippen molar-refractivity contribution in [2.24, 2.45) is 0 Å². The lowest BCUT2D eigenvalue weighted by Gasteiger charge is -2.15. The van der Waals surface area contributed by atoms with E-state index in [0.29, 0.717) is 22.4 Å². The van der Waals surface area contributed by atoms with Gasteiger partial charge in [-0.2, -0.15) is 0 Å². The number of aliphatic hydroxyl groups excluding tert-OH is 1. The Morgan fingerprint density at radius 2 is 1.95 bits per heavy atom. The summed E-state index contributed by atoms with van der Waals surface area (Å²) in [5.74, 6) is 0.654. The van der Waals surface area contributed by atoms with Gasteiger partial charge in [-0.3, -0.25) is 0 Å². The fourth-order valence-corrected chi connectivity index (χ4v) is 2.32. The summed E-state index contributed by atoms with van der Waals surface area (Å²) in [5.41, 5.74) is 2.66. The number of halogens is 2. The van der Waals surface area contributed by atoms with Gasteiger partial charge in [0.25, 0.3) is 0 Å². The summed E-state index contributed by atoms with van der Waals surface area (Å²) >= 11 is 12.1. The molecule has 0 bridgehead atoms. The Morgan fingerprint density at radius 3 is 2.65 bits per heavy atom. The van der Waals surface area contributed by atoms with Gasteiger partial charge in [-0.15, -0.1) is 0 Å². The van der Waals surface area contributed by atoms with E-state index in [4.69, 9.17) is 27.9 Å². The van der Waals surface area contributed by atoms with Gasteiger partial charge in [-0.1, -0.05) is 47.0 Å². The van der Waals surface area contributed by atoms with Gasteiger partial charge >= 0.3 is 0 Å². The van der Waals surface area contributed by atoms with Crippen molar-refractivity contribution in [3.8, 4) is 5.75 Å². The molecule has 2 aromatic carbocycles. The molecule has 0 unspecified atom stereocenters. The normalized spacial score (nSPS) is 12.2. The van der Waals surface area contributed by atoms with Crippen LogP contribution in [-0.4, -0.2) is 5.11 Å². The predicted molar refractivity (Wildman–Crippen MR) is 82.6 cm³/mol. The van der Waals surface area contributed by atoms with Crippen LogP contribution in [0.3, 0.4) is 0 Å². The number of aliphatic hydroxyl groups is 1. The molecule has 1 N–H and O–H groups in total. The molecular formula is C16H16Cl2O2. The highest BCUT2D eigenvalue weighted by atomic mass is 35.5. The second-order valence-corrected chi connectivity index (χ2v) is 5.50. The lowest BCUT2D eigenvalue weighted by atomic mass is 10.1. The Labute approximate surface area is 128 Å². The quantitative estimate of drug-likeness (QED) is 0.867. The first-order valence-corrected chi connectivity index (χ1v) is 7.09. The Kier molecular flexibility index (Phi) is 4.92. The monoisotopic (exact) mass is 310 g/mol. The van der Waals surface area contributed by atoms with Gasteiger partial charge in [0.05, 0.1) is 16.1 Å². The van der Waals surface area contributed by atoms with Crippen LogP contribution in [0.2, 0.25) is 10.0 Å². The zero-order valence-corrected chi connectivity index (χ0v) is 12.9. The third kappa shape index (κ3) is 3.45. The summed E-state index contributed by atoms with van der Waals surface area (Å²) in [6.07, 6.45) is -0.584. The highest BCUT2D eigenvalue weighted by Gasteiger charge is 2.11. The SMILES string of the molecule is Cc1ccc(OCc2cccc(Cl)c2Cl)c([C@@H](C)O)c1. The maximum absolute atomic E-state index is 9.80. The molecule has 0 saturated carbocycles. The molecule has 0 radical (unpaired) electrons. The first-order chi connectivity index (χ1) is 9.49. The van der Waals surface area contributed by atoms with Crippen molar-refractivity contribution in [3.63, 3.8) is 0 Å². The summed E-state index contributed by atoms with van der Waals surface area (Å²) in [7, 11) is 0. The minimum absolute atomic E-state index is 0.308. The summed E-state index contributed by atoms with van der Waals surface area (Å²) in [6, 6.07) is 11.2. The van der Waals surface area contributed by atoms with Crippen LogP contribution in [0.4, 0.5) is 0 Å². The van der Waals surface area contributed by atoms with Crippen molar-refractivity contribution >= 4 is 23.2 Å². The van der Waals surface area contributed by atoms with Crippen molar-refractivity contribution < 1.29 is 9.84 Å². The van der Waals surface area contributed by atoms with Crippen molar-refractivity contribution in [3.05, 3.63) is 63.1 Å². The zero-order chi connectivity index (χ0) is 14.7. The van der Waals surface area contributed by atoms with Gasteiger partial charge in [-0.25, -0.2) is 0 Å². The fourth-order valence-electron chi connectivity index (χ4n) is 1.94. The van der Waals surface area contributed by atoms with E-state index in [1.54, 1.807) is 13.0 Å². The second-order valence-electron chi connectivity index (χ2n) is 4.72. The number of rotatable bonds is 4. The van der Waals surface area contributed by atoms with E-state index in [1.807, 2.05) is 37.3 Å². The molecule has 106 valence electrons. The lowest BCUT2D eigenvalue weighted by molar-refractivity contribution is 0.190. The Balaban J connectivity index is 2.21. The molecule has 0 aliphatic rings. The van der Waals surface area contributed by atoms with Crippen LogP contribution >= 0.6 is 23.2 Å². The molecule has 20 heavy (non-hydrogen) atoms. The summed E-state index contributed by atoms with van der Waals surface area (Å²) in [5, 5.41) is 10.8. The average Bonchev–Trinajstić information content (AvgIpc) is 2.41. The average molecular weight is 311 g/mol. The van der Waals surface area contributed by atoms with Crippen LogP contribution in [0.15, 0.2) is 36.4 Å². The molecule has 2 aromatic rings. The fraction of sp³-hybridized carbons (Fsp3) is 0.250. The smallest absolute Gasteiger partial charge is 0.125 e. The zero-order valence-electron chi connectivity index (χ0n) is 11.4. The highest BCUT2D eigenvalue weighted by Crippen LogP contribution is 2.29. The standard InChI is InChI=1S/C16H16Cl2O2/c1-10-6-7-15(13(8-10)11(2)19)20-9-12-4-3-5-14(17)16(12)18/h3-8,11,19H,9H2,1-2H3/t11-/m1/s1. The summed E-state index contributed by atoms with van der Waals surface area (Å²) in [4.78, 5) is 0. The van der Waals surface area contributed by atoms with E-state index >= 15 is 0 Å². The molecule has 0 fully saturated rings. The van der Waals surface area contributed by atoms with E-state index in [-0.39, 0.29) is 0 Å². The second kappa shape index (κ2) is 6.49. The topological polar surface area (TPSA) is 29.5 Å². The van der Waals surface area contributed by atoms with E-state index in [9.17, 15) is 5.11 Å². The molecule has 0 aromatic heterocycles. The number of aryl methyl sites for hydroxylation is 1. The van der Waals surface area contributed by atoms with Gasteiger partial charge in [-0.05, 0) is 32.0 Å². The number of ether oxygens (including phenoxy) is 1. The van der Waals surface area contributed by atoms with Crippen LogP contribution in [-0.2, 0) is 6.61 Å². The summed E-state index contributed by atoms with van der Waals surface area (Å²) < 4.78 is 5.77. The molecule has 0 heterocycles. The van der Waals surface area contributed by atoms with Crippen LogP contribution in [0.1, 0.15) is 29.7 Å². The van der Waals surface area contributed by atoms with Crippen molar-refractivity contribution in [1.29, 1.82) is 0 Å². The third-order valence-corrected chi connectivity index (χ3v) is 3.89. The van der Waals surface area contributed by atoms with Crippen LogP contribution < -0.4 is 4.74 Å². The Morgan fingerprint density at radius 1 is 1.20 bits per heavy atom. The molecule has 0 aliphatic carbocycles. The first kappa shape index (κ1) is 15.2. The third-order valence-electron chi connectivity index (χ3n) is 3.03. The van der Waals surface area contributed by atoms with E-state index in [0.717, 1.165) is 16.7 Å². The van der Waals surface area contributed by atoms with E-state index < -0.39 is 6.10 Å². The Hall–Kier alpha value is -1.22. The molecule has 0 amide bonds. The van der Waals surface area contributed by atoms with Crippen molar-refractivity contribution in [2.45, 2.75) is 26.6 Å². The van der Waals surface area contributed by atoms with E-state index in [2.05, 4.69) is 0 Å². The van der Waals surface area contributed by atoms with Gasteiger partial charge in [0.15, 0.2) is 0 Å². The molecule has 0 spiro atoms. The van der Waals surface area contributed by atoms with Gasteiger partial charge in [0.2, 0.25) is 0 Å². The molecule has 0 aliphatic heterocycles. The van der Waals surface area contributed by atoms with Crippen molar-refractivity contribution in [1.82, 2.24) is 0 Å². The van der Waals surface area contributed by atoms with Gasteiger partial charge < -0.3 is 9.84 Å². The number of benzene rings is 2. The van der Waals surface area contributed by atoms with Crippen LogP contribution in [0.5, 0.6) is 5.75 Å². The lowest BCUT2D eigenvalue weighted by Crippen LogP contribution is -2.02. The van der Waals surface area contributed by atoms with Crippen LogP contribution in [0, 0.1) is 6.92 Å². The molecule has 4 heteroatoms. The van der Waals surface area contributed by atoms with Gasteiger partial charge in [0.1, 0.15) is 12.4 Å². The predicted octanol–water partition coefficient (Wildman–Crippen LogP) is 4.93. The van der Waals surface area contributed by atoms with Crippen molar-refractivity contribution in [2.75, 3.05) is 0 Å². The Bertz CT molecular complexity index is 609. The molecule has 1 atom stereocenters. The van der Waals surface area contributed by atoms with Gasteiger partial charge in [0, 0.05) is 11.1 Å². The maximum Gasteiger partial charge on any atom is 0.125 e. The highest BCUT2D eigenvalue weighted by molar-refractivity contribution is 6.42. The maximum atomic E-state index is 9.80. The molecule has 2 rings (SSSR count). The van der Waals surface area contributed by atoms with E-state index in [1.165, 1.54) is 0 Å². The van der Waals surface area contributed by atoms with Crippen LogP contribution in [0.25, 0.3) is 0 Å². The minimum Gasteiger partial charge on any atom is -0.488 e. The first-order valence-electron chi connectivity index (χ1n) is 6.33. The molecular weight excluding hydrogens is 295 g/mol.